The minimum Gasteiger partial charge on any atom is -0.367 e. The average molecular weight is 292 g/mol. The predicted molar refractivity (Wildman–Crippen MR) is 87.4 cm³/mol. The Kier molecular flexibility index (Phi) is 3.36. The van der Waals surface area contributed by atoms with Crippen molar-refractivity contribution in [3.8, 4) is 0 Å². The number of hydrogen-bond donors (Lipinski definition) is 0. The van der Waals surface area contributed by atoms with Gasteiger partial charge in [0.1, 0.15) is 5.60 Å². The minimum absolute atomic E-state index is 0.0898. The summed E-state index contributed by atoms with van der Waals surface area (Å²) in [6, 6.07) is 20.7. The number of benzene rings is 2. The smallest absolute Gasteiger partial charge is 0.122 e. The molecule has 2 heteroatoms. The van der Waals surface area contributed by atoms with E-state index in [2.05, 4.69) is 43.0 Å². The van der Waals surface area contributed by atoms with Crippen LogP contribution < -0.4 is 0 Å². The standard InChI is InChI=1S/C20H20O2/c1-15(16-8-4-2-5-9-16)20-14-18(17-10-6-3-7-11-17)22-19(20)12-13-21-20/h2-11,18-19H,1,12-14H2/t18-,19-,20+/m0/s1. The van der Waals surface area contributed by atoms with Crippen LogP contribution >= 0.6 is 0 Å². The van der Waals surface area contributed by atoms with Crippen molar-refractivity contribution in [1.82, 2.24) is 0 Å². The third-order valence-electron chi connectivity index (χ3n) is 4.88. The van der Waals surface area contributed by atoms with E-state index < -0.39 is 0 Å². The topological polar surface area (TPSA) is 18.5 Å². The highest BCUT2D eigenvalue weighted by Gasteiger charge is 2.55. The van der Waals surface area contributed by atoms with Crippen molar-refractivity contribution in [1.29, 1.82) is 0 Å². The number of hydrogen-bond acceptors (Lipinski definition) is 2. The monoisotopic (exact) mass is 292 g/mol. The van der Waals surface area contributed by atoms with Crippen LogP contribution in [0.4, 0.5) is 0 Å². The summed E-state index contributed by atoms with van der Waals surface area (Å²) in [5, 5.41) is 0. The lowest BCUT2D eigenvalue weighted by molar-refractivity contribution is 0.0129. The maximum atomic E-state index is 6.33. The molecule has 4 rings (SSSR count). The molecule has 0 amide bonds. The van der Waals surface area contributed by atoms with Crippen LogP contribution in [-0.4, -0.2) is 18.3 Å². The van der Waals surface area contributed by atoms with Crippen LogP contribution in [0.25, 0.3) is 5.57 Å². The van der Waals surface area contributed by atoms with E-state index in [1.54, 1.807) is 0 Å². The van der Waals surface area contributed by atoms with Crippen LogP contribution in [-0.2, 0) is 9.47 Å². The van der Waals surface area contributed by atoms with Crippen molar-refractivity contribution in [3.05, 3.63) is 78.4 Å². The molecule has 2 nitrogen and oxygen atoms in total. The molecule has 0 spiro atoms. The lowest BCUT2D eigenvalue weighted by Gasteiger charge is -2.29. The van der Waals surface area contributed by atoms with Gasteiger partial charge in [-0.2, -0.15) is 0 Å². The van der Waals surface area contributed by atoms with E-state index >= 15 is 0 Å². The zero-order valence-corrected chi connectivity index (χ0v) is 12.6. The number of ether oxygens (including phenoxy) is 2. The van der Waals surface area contributed by atoms with Gasteiger partial charge in [0.15, 0.2) is 0 Å². The molecule has 22 heavy (non-hydrogen) atoms. The highest BCUT2D eigenvalue weighted by Crippen LogP contribution is 2.52. The van der Waals surface area contributed by atoms with Crippen LogP contribution in [0.3, 0.4) is 0 Å². The molecule has 2 fully saturated rings. The van der Waals surface area contributed by atoms with Gasteiger partial charge in [-0.25, -0.2) is 0 Å². The molecule has 0 N–H and O–H groups in total. The van der Waals surface area contributed by atoms with Crippen molar-refractivity contribution in [2.45, 2.75) is 30.7 Å². The van der Waals surface area contributed by atoms with Gasteiger partial charge in [-0.15, -0.1) is 0 Å². The molecule has 0 unspecified atom stereocenters. The van der Waals surface area contributed by atoms with Crippen LogP contribution in [0.5, 0.6) is 0 Å². The molecule has 2 aromatic carbocycles. The van der Waals surface area contributed by atoms with Gasteiger partial charge in [-0.1, -0.05) is 67.2 Å². The molecular formula is C20H20O2. The molecule has 0 aromatic heterocycles. The summed E-state index contributed by atoms with van der Waals surface area (Å²) < 4.78 is 12.5. The predicted octanol–water partition coefficient (Wildman–Crippen LogP) is 4.39. The lowest BCUT2D eigenvalue weighted by Crippen LogP contribution is -2.35. The van der Waals surface area contributed by atoms with Crippen molar-refractivity contribution >= 4 is 5.57 Å². The third-order valence-corrected chi connectivity index (χ3v) is 4.88. The zero-order chi connectivity index (χ0) is 15.0. The Morgan fingerprint density at radius 3 is 2.41 bits per heavy atom. The molecule has 112 valence electrons. The van der Waals surface area contributed by atoms with Crippen LogP contribution in [0.15, 0.2) is 67.2 Å². The number of fused-ring (bicyclic) bond motifs is 1. The van der Waals surface area contributed by atoms with Gasteiger partial charge in [-0.05, 0) is 16.7 Å². The van der Waals surface area contributed by atoms with Crippen LogP contribution in [0.1, 0.15) is 30.1 Å². The Labute approximate surface area is 131 Å². The molecule has 2 aliphatic heterocycles. The van der Waals surface area contributed by atoms with Crippen LogP contribution in [0, 0.1) is 0 Å². The molecule has 0 radical (unpaired) electrons. The highest BCUT2D eigenvalue weighted by atomic mass is 16.6. The molecule has 3 atom stereocenters. The van der Waals surface area contributed by atoms with E-state index in [4.69, 9.17) is 9.47 Å². The van der Waals surface area contributed by atoms with E-state index in [1.807, 2.05) is 24.3 Å². The first-order valence-corrected chi connectivity index (χ1v) is 7.89. The summed E-state index contributed by atoms with van der Waals surface area (Å²) in [5.74, 6) is 0. The maximum absolute atomic E-state index is 6.33. The van der Waals surface area contributed by atoms with E-state index in [0.717, 1.165) is 30.6 Å². The molecule has 2 saturated heterocycles. The molecule has 2 heterocycles. The first kappa shape index (κ1) is 13.7. The molecular weight excluding hydrogens is 272 g/mol. The summed E-state index contributed by atoms with van der Waals surface area (Å²) in [5.41, 5.74) is 3.04. The molecule has 0 bridgehead atoms. The Hall–Kier alpha value is -1.90. The van der Waals surface area contributed by atoms with Gasteiger partial charge in [-0.3, -0.25) is 0 Å². The third kappa shape index (κ3) is 2.11. The first-order chi connectivity index (χ1) is 10.8. The van der Waals surface area contributed by atoms with Crippen LogP contribution in [0.2, 0.25) is 0 Å². The zero-order valence-electron chi connectivity index (χ0n) is 12.6. The molecule has 2 aromatic rings. The minimum atomic E-state index is -0.373. The molecule has 0 aliphatic carbocycles. The van der Waals surface area contributed by atoms with Crippen molar-refractivity contribution < 1.29 is 9.47 Å². The molecule has 0 saturated carbocycles. The summed E-state index contributed by atoms with van der Waals surface area (Å²) in [4.78, 5) is 0. The van der Waals surface area contributed by atoms with Gasteiger partial charge >= 0.3 is 0 Å². The van der Waals surface area contributed by atoms with Gasteiger partial charge in [0.25, 0.3) is 0 Å². The lowest BCUT2D eigenvalue weighted by atomic mass is 9.82. The van der Waals surface area contributed by atoms with Gasteiger partial charge in [0.2, 0.25) is 0 Å². The first-order valence-electron chi connectivity index (χ1n) is 7.89. The number of rotatable bonds is 3. The van der Waals surface area contributed by atoms with Crippen molar-refractivity contribution in [2.24, 2.45) is 0 Å². The summed E-state index contributed by atoms with van der Waals surface area (Å²) in [6.07, 6.45) is 1.97. The Bertz CT molecular complexity index is 665. The SMILES string of the molecule is C=C(c1ccccc1)[C@]12C[C@@H](c3ccccc3)O[C@H]1CCO2. The quantitative estimate of drug-likeness (QED) is 0.835. The Morgan fingerprint density at radius 1 is 1.00 bits per heavy atom. The second-order valence-electron chi connectivity index (χ2n) is 6.10. The van der Waals surface area contributed by atoms with Gasteiger partial charge in [0, 0.05) is 12.8 Å². The van der Waals surface area contributed by atoms with E-state index in [-0.39, 0.29) is 17.8 Å². The summed E-state index contributed by atoms with van der Waals surface area (Å²) in [6.45, 7) is 5.11. The second-order valence-corrected chi connectivity index (χ2v) is 6.10. The van der Waals surface area contributed by atoms with Crippen molar-refractivity contribution in [2.75, 3.05) is 6.61 Å². The normalized spacial score (nSPS) is 30.2. The van der Waals surface area contributed by atoms with E-state index in [0.29, 0.717) is 0 Å². The summed E-state index contributed by atoms with van der Waals surface area (Å²) >= 11 is 0. The maximum Gasteiger partial charge on any atom is 0.122 e. The summed E-state index contributed by atoms with van der Waals surface area (Å²) in [7, 11) is 0. The highest BCUT2D eigenvalue weighted by molar-refractivity contribution is 5.72. The fourth-order valence-corrected chi connectivity index (χ4v) is 3.72. The van der Waals surface area contributed by atoms with Gasteiger partial charge < -0.3 is 9.47 Å². The Morgan fingerprint density at radius 2 is 1.68 bits per heavy atom. The van der Waals surface area contributed by atoms with E-state index in [1.165, 1.54) is 5.56 Å². The second kappa shape index (κ2) is 5.38. The Balaban J connectivity index is 1.66. The largest absolute Gasteiger partial charge is 0.367 e. The van der Waals surface area contributed by atoms with Gasteiger partial charge in [0.05, 0.1) is 18.8 Å². The average Bonchev–Trinajstić information content (AvgIpc) is 3.14. The van der Waals surface area contributed by atoms with E-state index in [9.17, 15) is 0 Å². The fraction of sp³-hybridized carbons (Fsp3) is 0.300. The fourth-order valence-electron chi connectivity index (χ4n) is 3.72. The van der Waals surface area contributed by atoms with Crippen molar-refractivity contribution in [3.63, 3.8) is 0 Å². The molecule has 2 aliphatic rings.